The minimum Gasteiger partial charge on any atom is -0.383 e. The maximum atomic E-state index is 5.17. The number of anilines is 1. The van der Waals surface area contributed by atoms with Crippen molar-refractivity contribution in [2.45, 2.75) is 25.9 Å². The average Bonchev–Trinajstić information content (AvgIpc) is 3.06. The summed E-state index contributed by atoms with van der Waals surface area (Å²) in [4.78, 5) is 4.33. The third-order valence-corrected chi connectivity index (χ3v) is 2.96. The van der Waals surface area contributed by atoms with E-state index in [2.05, 4.69) is 26.9 Å². The molecule has 0 aromatic carbocycles. The number of nitrogens with one attached hydrogen (secondary N) is 1. The van der Waals surface area contributed by atoms with E-state index >= 15 is 0 Å². The quantitative estimate of drug-likeness (QED) is 0.738. The predicted molar refractivity (Wildman–Crippen MR) is 74.1 cm³/mol. The van der Waals surface area contributed by atoms with Crippen LogP contribution in [0.15, 0.2) is 30.9 Å². The van der Waals surface area contributed by atoms with Crippen molar-refractivity contribution in [1.29, 1.82) is 0 Å². The molecule has 2 heterocycles. The van der Waals surface area contributed by atoms with Crippen LogP contribution in [0.4, 0.5) is 5.95 Å². The van der Waals surface area contributed by atoms with Gasteiger partial charge in [0.2, 0.25) is 5.95 Å². The van der Waals surface area contributed by atoms with E-state index in [1.165, 1.54) is 0 Å². The van der Waals surface area contributed by atoms with Gasteiger partial charge in [-0.1, -0.05) is 0 Å². The fourth-order valence-electron chi connectivity index (χ4n) is 2.00. The van der Waals surface area contributed by atoms with Crippen LogP contribution >= 0.6 is 0 Å². The van der Waals surface area contributed by atoms with Crippen molar-refractivity contribution in [1.82, 2.24) is 19.3 Å². The summed E-state index contributed by atoms with van der Waals surface area (Å²) in [6.45, 7) is 4.57. The lowest BCUT2D eigenvalue weighted by Crippen LogP contribution is -2.15. The molecule has 2 aromatic heterocycles. The molecule has 0 spiro atoms. The Bertz CT molecular complexity index is 465. The number of ether oxygens (including phenoxy) is 1. The van der Waals surface area contributed by atoms with E-state index < -0.39 is 0 Å². The predicted octanol–water partition coefficient (Wildman–Crippen LogP) is 1.79. The largest absolute Gasteiger partial charge is 0.383 e. The highest BCUT2D eigenvalue weighted by atomic mass is 16.5. The van der Waals surface area contributed by atoms with Crippen molar-refractivity contribution in [2.24, 2.45) is 0 Å². The van der Waals surface area contributed by atoms with Crippen LogP contribution in [0.3, 0.4) is 0 Å². The van der Waals surface area contributed by atoms with Crippen LogP contribution in [0.2, 0.25) is 0 Å². The van der Waals surface area contributed by atoms with Crippen molar-refractivity contribution >= 4 is 5.95 Å². The number of rotatable bonds is 8. The van der Waals surface area contributed by atoms with Crippen LogP contribution in [-0.4, -0.2) is 39.6 Å². The second-order valence-corrected chi connectivity index (χ2v) is 4.51. The Morgan fingerprint density at radius 3 is 3.00 bits per heavy atom. The van der Waals surface area contributed by atoms with Gasteiger partial charge in [-0.2, -0.15) is 5.10 Å². The molecule has 0 fully saturated rings. The highest BCUT2D eigenvalue weighted by Gasteiger charge is 2.08. The summed E-state index contributed by atoms with van der Waals surface area (Å²) in [6.07, 6.45) is 8.56. The zero-order chi connectivity index (χ0) is 13.5. The summed E-state index contributed by atoms with van der Waals surface area (Å²) >= 11 is 0. The molecule has 1 atom stereocenters. The first-order valence-corrected chi connectivity index (χ1v) is 6.54. The summed E-state index contributed by atoms with van der Waals surface area (Å²) in [6, 6.07) is 2.22. The summed E-state index contributed by atoms with van der Waals surface area (Å²) in [7, 11) is 1.71. The molecule has 0 saturated heterocycles. The standard InChI is InChI=1S/C13H21N5O/c1-12(11-19-2)18-10-7-15-13(18)14-5-3-8-17-9-4-6-16-17/h4,6-7,9-10,12H,3,5,8,11H2,1-2H3,(H,14,15). The summed E-state index contributed by atoms with van der Waals surface area (Å²) in [5.41, 5.74) is 0. The highest BCUT2D eigenvalue weighted by molar-refractivity contribution is 5.26. The molecule has 0 bridgehead atoms. The number of methoxy groups -OCH3 is 1. The van der Waals surface area contributed by atoms with Gasteiger partial charge in [-0.05, 0) is 19.4 Å². The third-order valence-electron chi connectivity index (χ3n) is 2.96. The topological polar surface area (TPSA) is 56.9 Å². The van der Waals surface area contributed by atoms with Crippen molar-refractivity contribution < 1.29 is 4.74 Å². The second kappa shape index (κ2) is 6.94. The zero-order valence-electron chi connectivity index (χ0n) is 11.5. The van der Waals surface area contributed by atoms with Gasteiger partial charge in [0.25, 0.3) is 0 Å². The van der Waals surface area contributed by atoms with Crippen molar-refractivity contribution in [3.05, 3.63) is 30.9 Å². The lowest BCUT2D eigenvalue weighted by Gasteiger charge is -2.16. The Kier molecular flexibility index (Phi) is 4.97. The molecule has 6 nitrogen and oxygen atoms in total. The summed E-state index contributed by atoms with van der Waals surface area (Å²) < 4.78 is 9.20. The molecule has 6 heteroatoms. The Morgan fingerprint density at radius 1 is 1.37 bits per heavy atom. The van der Waals surface area contributed by atoms with E-state index in [4.69, 9.17) is 4.74 Å². The maximum absolute atomic E-state index is 5.17. The van der Waals surface area contributed by atoms with Gasteiger partial charge in [-0.3, -0.25) is 4.68 Å². The van der Waals surface area contributed by atoms with E-state index in [-0.39, 0.29) is 6.04 Å². The van der Waals surface area contributed by atoms with Gasteiger partial charge in [-0.25, -0.2) is 4.98 Å². The van der Waals surface area contributed by atoms with Gasteiger partial charge in [-0.15, -0.1) is 0 Å². The lowest BCUT2D eigenvalue weighted by atomic mass is 10.3. The molecule has 2 aromatic rings. The monoisotopic (exact) mass is 263 g/mol. The van der Waals surface area contributed by atoms with Gasteiger partial charge in [0, 0.05) is 45.0 Å². The van der Waals surface area contributed by atoms with E-state index in [0.717, 1.165) is 25.5 Å². The highest BCUT2D eigenvalue weighted by Crippen LogP contribution is 2.13. The molecule has 0 amide bonds. The molecule has 1 unspecified atom stereocenters. The number of imidazole rings is 1. The van der Waals surface area contributed by atoms with Crippen molar-refractivity contribution in [3.8, 4) is 0 Å². The van der Waals surface area contributed by atoms with Crippen molar-refractivity contribution in [3.63, 3.8) is 0 Å². The molecular weight excluding hydrogens is 242 g/mol. The summed E-state index contributed by atoms with van der Waals surface area (Å²) in [5, 5.41) is 7.52. The molecular formula is C13H21N5O. The first kappa shape index (κ1) is 13.6. The van der Waals surface area contributed by atoms with E-state index in [0.29, 0.717) is 6.61 Å². The molecule has 19 heavy (non-hydrogen) atoms. The molecule has 2 rings (SSSR count). The third kappa shape index (κ3) is 3.82. The van der Waals surface area contributed by atoms with Crippen molar-refractivity contribution in [2.75, 3.05) is 25.6 Å². The Labute approximate surface area is 113 Å². The summed E-state index contributed by atoms with van der Waals surface area (Å²) in [5.74, 6) is 0.894. The number of hydrogen-bond acceptors (Lipinski definition) is 4. The molecule has 0 radical (unpaired) electrons. The minimum atomic E-state index is 0.279. The first-order chi connectivity index (χ1) is 9.31. The van der Waals surface area contributed by atoms with E-state index in [1.807, 2.05) is 29.3 Å². The van der Waals surface area contributed by atoms with E-state index in [1.54, 1.807) is 13.3 Å². The fourth-order valence-corrected chi connectivity index (χ4v) is 2.00. The minimum absolute atomic E-state index is 0.279. The van der Waals surface area contributed by atoms with Crippen LogP contribution in [0, 0.1) is 0 Å². The SMILES string of the molecule is COCC(C)n1ccnc1NCCCn1cccn1. The van der Waals surface area contributed by atoms with Gasteiger partial charge in [0.05, 0.1) is 12.6 Å². The Balaban J connectivity index is 1.78. The van der Waals surface area contributed by atoms with Gasteiger partial charge in [0.15, 0.2) is 0 Å². The molecule has 0 aliphatic rings. The van der Waals surface area contributed by atoms with Gasteiger partial charge >= 0.3 is 0 Å². The number of nitrogens with zero attached hydrogens (tertiary/aromatic N) is 4. The smallest absolute Gasteiger partial charge is 0.203 e. The zero-order valence-corrected chi connectivity index (χ0v) is 11.5. The number of aryl methyl sites for hydroxylation is 1. The Morgan fingerprint density at radius 2 is 2.26 bits per heavy atom. The first-order valence-electron chi connectivity index (χ1n) is 6.54. The molecule has 1 N–H and O–H groups in total. The maximum Gasteiger partial charge on any atom is 0.203 e. The lowest BCUT2D eigenvalue weighted by molar-refractivity contribution is 0.163. The molecule has 0 aliphatic carbocycles. The van der Waals surface area contributed by atoms with Crippen LogP contribution in [0.1, 0.15) is 19.4 Å². The van der Waals surface area contributed by atoms with Crippen LogP contribution in [-0.2, 0) is 11.3 Å². The van der Waals surface area contributed by atoms with Crippen LogP contribution in [0.25, 0.3) is 0 Å². The van der Waals surface area contributed by atoms with Gasteiger partial charge < -0.3 is 14.6 Å². The molecule has 0 saturated carbocycles. The van der Waals surface area contributed by atoms with Crippen LogP contribution in [0.5, 0.6) is 0 Å². The van der Waals surface area contributed by atoms with Crippen LogP contribution < -0.4 is 5.32 Å². The van der Waals surface area contributed by atoms with E-state index in [9.17, 15) is 0 Å². The van der Waals surface area contributed by atoms with Gasteiger partial charge in [0.1, 0.15) is 0 Å². The number of hydrogen-bond donors (Lipinski definition) is 1. The fraction of sp³-hybridized carbons (Fsp3) is 0.538. The normalized spacial score (nSPS) is 12.5. The average molecular weight is 263 g/mol. The molecule has 104 valence electrons. The Hall–Kier alpha value is -1.82. The molecule has 0 aliphatic heterocycles. The number of aromatic nitrogens is 4. The second-order valence-electron chi connectivity index (χ2n) is 4.51.